The van der Waals surface area contributed by atoms with Crippen LogP contribution in [0.2, 0.25) is 0 Å². The van der Waals surface area contributed by atoms with Crippen molar-refractivity contribution in [3.8, 4) is 0 Å². The molecule has 0 amide bonds. The van der Waals surface area contributed by atoms with Gasteiger partial charge in [-0.15, -0.1) is 0 Å². The van der Waals surface area contributed by atoms with Crippen LogP contribution in [0.5, 0.6) is 0 Å². The third-order valence-electron chi connectivity index (χ3n) is 4.92. The molecule has 1 aliphatic carbocycles. The van der Waals surface area contributed by atoms with Crippen LogP contribution in [0.15, 0.2) is 28.9 Å². The number of Topliss-reactive ketones (excluding diaryl/α,β-unsaturated/α-hetero) is 1. The number of aliphatic hydroxyl groups is 1. The summed E-state index contributed by atoms with van der Waals surface area (Å²) in [6.07, 6.45) is 1.69. The fraction of sp³-hybridized carbons (Fsp3) is 0.400. The minimum atomic E-state index is -0.554. The molecule has 29 heavy (non-hydrogen) atoms. The molecular weight excluding hydrogens is 438 g/mol. The van der Waals surface area contributed by atoms with Crippen LogP contribution in [-0.2, 0) is 22.5 Å². The van der Waals surface area contributed by atoms with Crippen molar-refractivity contribution < 1.29 is 14.6 Å². The van der Waals surface area contributed by atoms with Crippen molar-refractivity contribution in [3.63, 3.8) is 0 Å². The molecule has 3 aromatic rings. The topological polar surface area (TPSA) is 102 Å². The molecule has 2 aromatic heterocycles. The number of nitrogens with zero attached hydrogens (tertiary/aromatic N) is 4. The minimum Gasteiger partial charge on any atom is -0.392 e. The van der Waals surface area contributed by atoms with Gasteiger partial charge in [0.2, 0.25) is 5.95 Å². The Balaban J connectivity index is 1.84. The second-order valence-electron chi connectivity index (χ2n) is 7.20. The van der Waals surface area contributed by atoms with E-state index in [2.05, 4.69) is 36.3 Å². The lowest BCUT2D eigenvalue weighted by atomic mass is 9.95. The second-order valence-corrected chi connectivity index (χ2v) is 8.12. The van der Waals surface area contributed by atoms with Crippen molar-refractivity contribution in [2.45, 2.75) is 31.9 Å². The molecule has 0 fully saturated rings. The minimum absolute atomic E-state index is 0.101. The summed E-state index contributed by atoms with van der Waals surface area (Å²) in [5.74, 6) is -0.0222. The van der Waals surface area contributed by atoms with Gasteiger partial charge < -0.3 is 15.2 Å². The molecule has 1 aliphatic rings. The first-order valence-electron chi connectivity index (χ1n) is 9.43. The van der Waals surface area contributed by atoms with Gasteiger partial charge >= 0.3 is 0 Å². The Hall–Kier alpha value is -2.36. The Morgan fingerprint density at radius 2 is 2.24 bits per heavy atom. The largest absolute Gasteiger partial charge is 0.392 e. The van der Waals surface area contributed by atoms with Crippen molar-refractivity contribution in [3.05, 3.63) is 45.7 Å². The predicted molar refractivity (Wildman–Crippen MR) is 112 cm³/mol. The average molecular weight is 460 g/mol. The highest BCUT2D eigenvalue weighted by molar-refractivity contribution is 9.10. The Labute approximate surface area is 176 Å². The second kappa shape index (κ2) is 8.17. The number of ketones is 1. The monoisotopic (exact) mass is 459 g/mol. The molecule has 0 aliphatic heterocycles. The summed E-state index contributed by atoms with van der Waals surface area (Å²) in [6, 6.07) is 5.91. The number of methoxy groups -OCH3 is 1. The number of ether oxygens (including phenoxy) is 1. The van der Waals surface area contributed by atoms with E-state index < -0.39 is 12.0 Å². The molecule has 2 N–H and O–H groups in total. The molecule has 0 radical (unpaired) electrons. The smallest absolute Gasteiger partial charge is 0.225 e. The summed E-state index contributed by atoms with van der Waals surface area (Å²) in [6.45, 7) is 3.07. The van der Waals surface area contributed by atoms with E-state index >= 15 is 0 Å². The van der Waals surface area contributed by atoms with Gasteiger partial charge in [0, 0.05) is 30.7 Å². The lowest BCUT2D eigenvalue weighted by molar-refractivity contribution is -0.118. The fourth-order valence-corrected chi connectivity index (χ4v) is 3.95. The van der Waals surface area contributed by atoms with Crippen molar-refractivity contribution in [2.75, 3.05) is 25.6 Å². The van der Waals surface area contributed by atoms with Gasteiger partial charge in [0.1, 0.15) is 0 Å². The standard InChI is InChI=1S/C20H22BrN5O3/c1-11(27)9-22-20-23-18(15-10-26(5-6-29-2)25-19(15)24-20)17-14-8-13(21)4-3-12(14)7-16(17)28/h3-4,8,10-11,17,27H,5-7,9H2,1-2H3,(H,22,24,25)/t11-,17?/m1/s1. The van der Waals surface area contributed by atoms with Gasteiger partial charge in [0.05, 0.1) is 36.3 Å². The summed E-state index contributed by atoms with van der Waals surface area (Å²) in [5, 5.41) is 17.9. The number of hydrogen-bond acceptors (Lipinski definition) is 7. The van der Waals surface area contributed by atoms with Crippen LogP contribution in [0.3, 0.4) is 0 Å². The van der Waals surface area contributed by atoms with E-state index in [1.54, 1.807) is 18.7 Å². The van der Waals surface area contributed by atoms with E-state index in [4.69, 9.17) is 4.74 Å². The van der Waals surface area contributed by atoms with Crippen LogP contribution >= 0.6 is 15.9 Å². The van der Waals surface area contributed by atoms with Gasteiger partial charge in [-0.1, -0.05) is 22.0 Å². The van der Waals surface area contributed by atoms with E-state index in [0.717, 1.165) is 21.0 Å². The highest BCUT2D eigenvalue weighted by Gasteiger charge is 2.35. The molecule has 152 valence electrons. The number of aliphatic hydroxyl groups excluding tert-OH is 1. The lowest BCUT2D eigenvalue weighted by Crippen LogP contribution is -2.18. The number of carbonyl (C=O) groups excluding carboxylic acids is 1. The highest BCUT2D eigenvalue weighted by Crippen LogP contribution is 2.39. The van der Waals surface area contributed by atoms with Crippen molar-refractivity contribution in [1.82, 2.24) is 19.7 Å². The number of aromatic nitrogens is 4. The zero-order valence-electron chi connectivity index (χ0n) is 16.2. The number of hydrogen-bond donors (Lipinski definition) is 2. The predicted octanol–water partition coefficient (Wildman–Crippen LogP) is 2.29. The van der Waals surface area contributed by atoms with Gasteiger partial charge in [-0.3, -0.25) is 9.48 Å². The van der Waals surface area contributed by atoms with Gasteiger partial charge in [0.25, 0.3) is 0 Å². The maximum absolute atomic E-state index is 13.0. The van der Waals surface area contributed by atoms with E-state index in [9.17, 15) is 9.90 Å². The number of anilines is 1. The van der Waals surface area contributed by atoms with Gasteiger partial charge in [0.15, 0.2) is 11.4 Å². The highest BCUT2D eigenvalue weighted by atomic mass is 79.9. The zero-order valence-corrected chi connectivity index (χ0v) is 17.8. The van der Waals surface area contributed by atoms with E-state index in [-0.39, 0.29) is 5.78 Å². The Bertz CT molecular complexity index is 1070. The van der Waals surface area contributed by atoms with E-state index in [1.165, 1.54) is 0 Å². The third kappa shape index (κ3) is 4.03. The molecule has 4 rings (SSSR count). The number of carbonyl (C=O) groups is 1. The molecule has 8 nitrogen and oxygen atoms in total. The number of fused-ring (bicyclic) bond motifs is 2. The normalized spacial score (nSPS) is 17.0. The molecular formula is C20H22BrN5O3. The Morgan fingerprint density at radius 1 is 1.41 bits per heavy atom. The van der Waals surface area contributed by atoms with E-state index in [0.29, 0.717) is 43.4 Å². The van der Waals surface area contributed by atoms with Crippen LogP contribution in [0.1, 0.15) is 29.7 Å². The quantitative estimate of drug-likeness (QED) is 0.558. The lowest BCUT2D eigenvalue weighted by Gasteiger charge is -2.14. The summed E-state index contributed by atoms with van der Waals surface area (Å²) >= 11 is 3.51. The summed E-state index contributed by atoms with van der Waals surface area (Å²) in [7, 11) is 1.64. The van der Waals surface area contributed by atoms with Gasteiger partial charge in [-0.2, -0.15) is 10.1 Å². The summed E-state index contributed by atoms with van der Waals surface area (Å²) in [4.78, 5) is 22.1. The first-order chi connectivity index (χ1) is 14.0. The average Bonchev–Trinajstić information content (AvgIpc) is 3.23. The molecule has 0 saturated carbocycles. The van der Waals surface area contributed by atoms with Crippen LogP contribution in [0.25, 0.3) is 11.0 Å². The fourth-order valence-electron chi connectivity index (χ4n) is 3.57. The van der Waals surface area contributed by atoms with Gasteiger partial charge in [-0.05, 0) is 30.2 Å². The SMILES string of the molecule is COCCn1cc2c(C3C(=O)Cc4ccc(Br)cc43)nc(NC[C@@H](C)O)nc2n1. The summed E-state index contributed by atoms with van der Waals surface area (Å²) in [5.41, 5.74) is 3.11. The molecule has 1 aromatic carbocycles. The van der Waals surface area contributed by atoms with Crippen molar-refractivity contribution in [2.24, 2.45) is 0 Å². The first-order valence-corrected chi connectivity index (χ1v) is 10.2. The Kier molecular flexibility index (Phi) is 5.62. The molecule has 2 atom stereocenters. The number of nitrogens with one attached hydrogen (secondary N) is 1. The number of benzene rings is 1. The summed E-state index contributed by atoms with van der Waals surface area (Å²) < 4.78 is 7.82. The molecule has 9 heteroatoms. The van der Waals surface area contributed by atoms with Crippen LogP contribution < -0.4 is 5.32 Å². The zero-order chi connectivity index (χ0) is 20.5. The van der Waals surface area contributed by atoms with E-state index in [1.807, 2.05) is 24.4 Å². The van der Waals surface area contributed by atoms with Gasteiger partial charge in [-0.25, -0.2) is 4.98 Å². The molecule has 2 heterocycles. The Morgan fingerprint density at radius 3 is 3.00 bits per heavy atom. The maximum Gasteiger partial charge on any atom is 0.225 e. The van der Waals surface area contributed by atoms with Crippen LogP contribution in [-0.4, -0.2) is 57.0 Å². The molecule has 0 bridgehead atoms. The number of halogens is 1. The maximum atomic E-state index is 13.0. The molecule has 1 unspecified atom stereocenters. The van der Waals surface area contributed by atoms with Crippen molar-refractivity contribution >= 4 is 38.7 Å². The molecule has 0 spiro atoms. The number of rotatable bonds is 7. The van der Waals surface area contributed by atoms with Crippen molar-refractivity contribution in [1.29, 1.82) is 0 Å². The van der Waals surface area contributed by atoms with Crippen LogP contribution in [0, 0.1) is 0 Å². The first kappa shape index (κ1) is 19.9. The third-order valence-corrected chi connectivity index (χ3v) is 5.41. The molecule has 0 saturated heterocycles. The van der Waals surface area contributed by atoms with Crippen LogP contribution in [0.4, 0.5) is 5.95 Å².